The minimum atomic E-state index is -2.62. The number of benzene rings is 1. The van der Waals surface area contributed by atoms with E-state index in [9.17, 15) is 13.7 Å². The minimum absolute atomic E-state index is 0.0661. The molecule has 0 aliphatic carbocycles. The summed E-state index contributed by atoms with van der Waals surface area (Å²) in [5, 5.41) is 14.2. The third-order valence-electron chi connectivity index (χ3n) is 5.29. The quantitative estimate of drug-likeness (QED) is 0.673. The van der Waals surface area contributed by atoms with E-state index in [2.05, 4.69) is 17.9 Å². The van der Waals surface area contributed by atoms with E-state index >= 15 is 0 Å². The van der Waals surface area contributed by atoms with Crippen molar-refractivity contribution in [1.29, 1.82) is 5.26 Å². The molecule has 0 atom stereocenters. The Balaban J connectivity index is 2.08. The molecule has 1 fully saturated rings. The van der Waals surface area contributed by atoms with Crippen molar-refractivity contribution in [3.63, 3.8) is 0 Å². The molecule has 0 unspecified atom stereocenters. The van der Waals surface area contributed by atoms with Gasteiger partial charge in [0.1, 0.15) is 10.7 Å². The van der Waals surface area contributed by atoms with E-state index in [1.54, 1.807) is 6.07 Å². The van der Waals surface area contributed by atoms with Gasteiger partial charge in [-0.15, -0.1) is 5.10 Å². The van der Waals surface area contributed by atoms with Crippen molar-refractivity contribution >= 4 is 22.0 Å². The number of aromatic nitrogens is 2. The number of aryl methyl sites for hydroxylation is 1. The number of thiol groups is 1. The molecule has 7 heteroatoms. The highest BCUT2D eigenvalue weighted by Gasteiger charge is 2.24. The van der Waals surface area contributed by atoms with Crippen LogP contribution in [0.1, 0.15) is 36.6 Å². The van der Waals surface area contributed by atoms with E-state index in [0.29, 0.717) is 5.56 Å². The van der Waals surface area contributed by atoms with Crippen molar-refractivity contribution in [3.8, 4) is 17.2 Å². The maximum Gasteiger partial charge on any atom is 0.154 e. The van der Waals surface area contributed by atoms with Crippen molar-refractivity contribution < 1.29 is 8.42 Å². The second-order valence-electron chi connectivity index (χ2n) is 7.03. The van der Waals surface area contributed by atoms with Gasteiger partial charge in [-0.3, -0.25) is 0 Å². The zero-order valence-electron chi connectivity index (χ0n) is 15.8. The van der Waals surface area contributed by atoms with Crippen LogP contribution in [0.15, 0.2) is 36.4 Å². The molecule has 6 nitrogen and oxygen atoms in total. The van der Waals surface area contributed by atoms with Crippen molar-refractivity contribution in [3.05, 3.63) is 53.2 Å². The molecular weight excluding hydrogens is 372 g/mol. The Labute approximate surface area is 166 Å². The van der Waals surface area contributed by atoms with Gasteiger partial charge in [0.2, 0.25) is 0 Å². The average Bonchev–Trinajstić information content (AvgIpc) is 3.36. The van der Waals surface area contributed by atoms with Crippen LogP contribution in [-0.4, -0.2) is 31.1 Å². The fourth-order valence-electron chi connectivity index (χ4n) is 4.00. The summed E-state index contributed by atoms with van der Waals surface area (Å²) in [7, 11) is -2.62. The summed E-state index contributed by atoms with van der Waals surface area (Å²) in [5.41, 5.74) is 4.93. The first-order valence-electron chi connectivity index (χ1n) is 9.53. The van der Waals surface area contributed by atoms with Crippen molar-refractivity contribution in [2.75, 3.05) is 18.0 Å². The molecule has 0 radical (unpaired) electrons. The number of hydrogen-bond donors (Lipinski definition) is 1. The maximum atomic E-state index is 11.8. The minimum Gasteiger partial charge on any atom is -0.355 e. The Hall–Kier alpha value is -2.85. The predicted octanol–water partition coefficient (Wildman–Crippen LogP) is 3.15. The van der Waals surface area contributed by atoms with Gasteiger partial charge in [-0.1, -0.05) is 19.1 Å². The van der Waals surface area contributed by atoms with Crippen LogP contribution in [0.25, 0.3) is 16.6 Å². The van der Waals surface area contributed by atoms with Gasteiger partial charge in [0.15, 0.2) is 5.82 Å². The van der Waals surface area contributed by atoms with Crippen molar-refractivity contribution in [2.24, 2.45) is 0 Å². The largest absolute Gasteiger partial charge is 0.355 e. The lowest BCUT2D eigenvalue weighted by atomic mass is 9.99. The molecule has 0 N–H and O–H groups in total. The summed E-state index contributed by atoms with van der Waals surface area (Å²) < 4.78 is 25.5. The number of hydrogen-bond acceptors (Lipinski definition) is 5. The second kappa shape index (κ2) is 7.64. The molecular formula is C21H22N4O2S. The summed E-state index contributed by atoms with van der Waals surface area (Å²) in [4.78, 5) is 2.19. The molecule has 0 spiro atoms. The summed E-state index contributed by atoms with van der Waals surface area (Å²) in [6.07, 6.45) is 2.98. The lowest BCUT2D eigenvalue weighted by Crippen LogP contribution is -2.23. The van der Waals surface area contributed by atoms with Crippen LogP contribution < -0.4 is 4.90 Å². The Morgan fingerprint density at radius 3 is 2.64 bits per heavy atom. The molecule has 28 heavy (non-hydrogen) atoms. The van der Waals surface area contributed by atoms with E-state index < -0.39 is 10.7 Å². The first-order valence-corrected chi connectivity index (χ1v) is 10.9. The molecule has 2 aromatic heterocycles. The third-order valence-corrected chi connectivity index (χ3v) is 5.87. The number of fused-ring (bicyclic) bond motifs is 1. The van der Waals surface area contributed by atoms with E-state index in [0.717, 1.165) is 66.1 Å². The van der Waals surface area contributed by atoms with Crippen LogP contribution in [0.2, 0.25) is 0 Å². The van der Waals surface area contributed by atoms with Gasteiger partial charge in [0, 0.05) is 29.9 Å². The van der Waals surface area contributed by atoms with Gasteiger partial charge in [-0.05, 0) is 49.1 Å². The van der Waals surface area contributed by atoms with Gasteiger partial charge >= 0.3 is 0 Å². The van der Waals surface area contributed by atoms with Gasteiger partial charge in [-0.2, -0.15) is 5.26 Å². The monoisotopic (exact) mass is 394 g/mol. The SMILES string of the molecule is CCc1ccc2c(-c3cccc(C#N)c3)c(C[SH](=O)=O)c(N3CCCC3)nn12. The Morgan fingerprint density at radius 1 is 1.18 bits per heavy atom. The second-order valence-corrected chi connectivity index (χ2v) is 8.01. The molecule has 1 aliphatic heterocycles. The third kappa shape index (κ3) is 3.25. The lowest BCUT2D eigenvalue weighted by molar-refractivity contribution is 0.613. The van der Waals surface area contributed by atoms with Crippen LogP contribution in [0.4, 0.5) is 5.82 Å². The fraction of sp³-hybridized carbons (Fsp3) is 0.333. The summed E-state index contributed by atoms with van der Waals surface area (Å²) in [6, 6.07) is 13.6. The normalized spacial score (nSPS) is 14.1. The molecule has 1 saturated heterocycles. The van der Waals surface area contributed by atoms with Crippen molar-refractivity contribution in [1.82, 2.24) is 9.61 Å². The van der Waals surface area contributed by atoms with Gasteiger partial charge in [0.05, 0.1) is 22.9 Å². The van der Waals surface area contributed by atoms with E-state index in [1.807, 2.05) is 34.8 Å². The maximum absolute atomic E-state index is 11.8. The molecule has 4 rings (SSSR count). The summed E-state index contributed by atoms with van der Waals surface area (Å²) in [6.45, 7) is 3.83. The van der Waals surface area contributed by atoms with E-state index in [1.165, 1.54) is 0 Å². The zero-order valence-corrected chi connectivity index (χ0v) is 16.7. The standard InChI is InChI=1S/C21H22N4O2S/c1-2-17-8-9-19-20(16-7-5-6-15(12-16)13-22)18(14-28(26)27)21(23-25(17)19)24-10-3-4-11-24/h5-9,12,28H,2-4,10-11,14H2,1H3. The van der Waals surface area contributed by atoms with Crippen LogP contribution in [0, 0.1) is 11.3 Å². The molecule has 3 aromatic rings. The molecule has 144 valence electrons. The van der Waals surface area contributed by atoms with E-state index in [4.69, 9.17) is 5.10 Å². The summed E-state index contributed by atoms with van der Waals surface area (Å²) >= 11 is 0. The van der Waals surface area contributed by atoms with Gasteiger partial charge in [-0.25, -0.2) is 12.9 Å². The first kappa shape index (κ1) is 18.5. The summed E-state index contributed by atoms with van der Waals surface area (Å²) in [5.74, 6) is 0.677. The lowest BCUT2D eigenvalue weighted by Gasteiger charge is -2.23. The number of nitriles is 1. The number of anilines is 1. The molecule has 0 amide bonds. The molecule has 1 aromatic carbocycles. The highest BCUT2D eigenvalue weighted by atomic mass is 32.2. The number of nitrogens with zero attached hydrogens (tertiary/aromatic N) is 4. The molecule has 0 saturated carbocycles. The smallest absolute Gasteiger partial charge is 0.154 e. The average molecular weight is 395 g/mol. The predicted molar refractivity (Wildman–Crippen MR) is 110 cm³/mol. The zero-order chi connectivity index (χ0) is 19.7. The van der Waals surface area contributed by atoms with Crippen LogP contribution >= 0.6 is 0 Å². The highest BCUT2D eigenvalue weighted by molar-refractivity contribution is 7.71. The Kier molecular flexibility index (Phi) is 5.05. The van der Waals surface area contributed by atoms with Crippen LogP contribution in [0.5, 0.6) is 0 Å². The van der Waals surface area contributed by atoms with Gasteiger partial charge in [0.25, 0.3) is 0 Å². The number of rotatable bonds is 5. The van der Waals surface area contributed by atoms with Crippen LogP contribution in [-0.2, 0) is 22.9 Å². The van der Waals surface area contributed by atoms with E-state index in [-0.39, 0.29) is 5.75 Å². The fourth-order valence-corrected chi connectivity index (χ4v) is 4.55. The Bertz CT molecular complexity index is 1140. The molecule has 0 bridgehead atoms. The van der Waals surface area contributed by atoms with Crippen LogP contribution in [0.3, 0.4) is 0 Å². The Morgan fingerprint density at radius 2 is 1.96 bits per heavy atom. The molecule has 1 aliphatic rings. The first-order chi connectivity index (χ1) is 13.6. The molecule has 3 heterocycles. The topological polar surface area (TPSA) is 78.5 Å². The van der Waals surface area contributed by atoms with Crippen molar-refractivity contribution in [2.45, 2.75) is 31.9 Å². The highest BCUT2D eigenvalue weighted by Crippen LogP contribution is 2.36. The van der Waals surface area contributed by atoms with Gasteiger partial charge < -0.3 is 4.90 Å².